The fourth-order valence-corrected chi connectivity index (χ4v) is 3.52. The molecule has 21 heavy (non-hydrogen) atoms. The van der Waals surface area contributed by atoms with Crippen LogP contribution in [0.3, 0.4) is 0 Å². The van der Waals surface area contributed by atoms with E-state index in [2.05, 4.69) is 44.8 Å². The zero-order valence-corrected chi connectivity index (χ0v) is 15.0. The quantitative estimate of drug-likeness (QED) is 0.675. The Morgan fingerprint density at radius 1 is 1.10 bits per heavy atom. The van der Waals surface area contributed by atoms with Gasteiger partial charge in [-0.2, -0.15) is 0 Å². The molecule has 1 fully saturated rings. The molecule has 3 nitrogen and oxygen atoms in total. The number of hydrogen-bond donors (Lipinski definition) is 2. The van der Waals surface area contributed by atoms with Crippen molar-refractivity contribution in [3.05, 3.63) is 0 Å². The van der Waals surface area contributed by atoms with Crippen LogP contribution in [0.15, 0.2) is 0 Å². The Balaban J connectivity index is 2.17. The largest absolute Gasteiger partial charge is 0.394 e. The van der Waals surface area contributed by atoms with Gasteiger partial charge in [-0.15, -0.1) is 0 Å². The van der Waals surface area contributed by atoms with Gasteiger partial charge in [-0.25, -0.2) is 0 Å². The minimum absolute atomic E-state index is 0.0893. The van der Waals surface area contributed by atoms with Crippen molar-refractivity contribution in [3.8, 4) is 0 Å². The van der Waals surface area contributed by atoms with Gasteiger partial charge in [-0.1, -0.05) is 34.1 Å². The smallest absolute Gasteiger partial charge is 0.0610 e. The van der Waals surface area contributed by atoms with Crippen molar-refractivity contribution < 1.29 is 5.11 Å². The van der Waals surface area contributed by atoms with E-state index in [0.717, 1.165) is 18.9 Å². The summed E-state index contributed by atoms with van der Waals surface area (Å²) in [5.74, 6) is 0.889. The molecule has 1 aliphatic rings. The summed E-state index contributed by atoms with van der Waals surface area (Å²) >= 11 is 0. The Bertz CT molecular complexity index is 279. The number of aliphatic hydroxyl groups is 1. The van der Waals surface area contributed by atoms with Crippen LogP contribution in [-0.2, 0) is 0 Å². The standard InChI is InChI=1S/C18H38N2O/c1-6-19-18(5,15-21)11-7-8-12-20-13-9-16(10-14-20)17(2,3)4/h16,19,21H,6-15H2,1-5H3. The molecule has 0 spiro atoms. The van der Waals surface area contributed by atoms with Gasteiger partial charge >= 0.3 is 0 Å². The first-order valence-electron chi connectivity index (χ1n) is 8.89. The molecule has 0 aromatic carbocycles. The second kappa shape index (κ2) is 8.50. The van der Waals surface area contributed by atoms with E-state index in [1.54, 1.807) is 0 Å². The average molecular weight is 299 g/mol. The van der Waals surface area contributed by atoms with Gasteiger partial charge < -0.3 is 15.3 Å². The van der Waals surface area contributed by atoms with Gasteiger partial charge in [0.2, 0.25) is 0 Å². The first-order chi connectivity index (χ1) is 9.80. The summed E-state index contributed by atoms with van der Waals surface area (Å²) in [4.78, 5) is 2.63. The molecule has 0 radical (unpaired) electrons. The van der Waals surface area contributed by atoms with Gasteiger partial charge in [0.25, 0.3) is 0 Å². The summed E-state index contributed by atoms with van der Waals surface area (Å²) in [6, 6.07) is 0. The predicted octanol–water partition coefficient (Wildman–Crippen LogP) is 3.28. The van der Waals surface area contributed by atoms with Crippen LogP contribution in [0, 0.1) is 11.3 Å². The first kappa shape index (κ1) is 18.9. The highest BCUT2D eigenvalue weighted by Gasteiger charge is 2.28. The molecule has 0 aliphatic carbocycles. The minimum atomic E-state index is -0.0893. The number of nitrogens with one attached hydrogen (secondary N) is 1. The molecule has 0 amide bonds. The second-order valence-corrected chi connectivity index (χ2v) is 8.19. The van der Waals surface area contributed by atoms with E-state index in [4.69, 9.17) is 0 Å². The number of aliphatic hydroxyl groups excluding tert-OH is 1. The van der Waals surface area contributed by atoms with E-state index in [9.17, 15) is 5.11 Å². The lowest BCUT2D eigenvalue weighted by atomic mass is 9.75. The normalized spacial score (nSPS) is 21.4. The maximum absolute atomic E-state index is 9.50. The molecule has 1 heterocycles. The number of likely N-dealkylation sites (tertiary alicyclic amines) is 1. The third kappa shape index (κ3) is 6.66. The second-order valence-electron chi connectivity index (χ2n) is 8.19. The summed E-state index contributed by atoms with van der Waals surface area (Å²) in [6.45, 7) is 16.3. The highest BCUT2D eigenvalue weighted by Crippen LogP contribution is 2.34. The van der Waals surface area contributed by atoms with Crippen molar-refractivity contribution in [1.82, 2.24) is 10.2 Å². The van der Waals surface area contributed by atoms with Crippen LogP contribution in [-0.4, -0.2) is 48.3 Å². The van der Waals surface area contributed by atoms with Crippen LogP contribution in [0.5, 0.6) is 0 Å². The molecule has 0 bridgehead atoms. The Kier molecular flexibility index (Phi) is 7.66. The van der Waals surface area contributed by atoms with Crippen molar-refractivity contribution in [2.24, 2.45) is 11.3 Å². The molecule has 1 aliphatic heterocycles. The van der Waals surface area contributed by atoms with E-state index in [1.807, 2.05) is 0 Å². The van der Waals surface area contributed by atoms with Crippen molar-refractivity contribution in [1.29, 1.82) is 0 Å². The van der Waals surface area contributed by atoms with Crippen LogP contribution in [0.25, 0.3) is 0 Å². The molecule has 2 N–H and O–H groups in total. The van der Waals surface area contributed by atoms with Crippen LogP contribution in [0.1, 0.15) is 66.7 Å². The third-order valence-electron chi connectivity index (χ3n) is 5.22. The molecule has 0 aromatic heterocycles. The van der Waals surface area contributed by atoms with E-state index in [1.165, 1.54) is 45.3 Å². The molecule has 0 saturated carbocycles. The van der Waals surface area contributed by atoms with E-state index >= 15 is 0 Å². The van der Waals surface area contributed by atoms with Crippen molar-refractivity contribution in [2.45, 2.75) is 72.3 Å². The van der Waals surface area contributed by atoms with Crippen LogP contribution in [0.4, 0.5) is 0 Å². The topological polar surface area (TPSA) is 35.5 Å². The van der Waals surface area contributed by atoms with Gasteiger partial charge in [0.05, 0.1) is 6.61 Å². The highest BCUT2D eigenvalue weighted by molar-refractivity contribution is 4.83. The van der Waals surface area contributed by atoms with Gasteiger partial charge in [-0.05, 0) is 70.1 Å². The van der Waals surface area contributed by atoms with E-state index < -0.39 is 0 Å². The lowest BCUT2D eigenvalue weighted by molar-refractivity contribution is 0.109. The Morgan fingerprint density at radius 2 is 1.71 bits per heavy atom. The lowest BCUT2D eigenvalue weighted by Gasteiger charge is -2.39. The van der Waals surface area contributed by atoms with Gasteiger partial charge in [-0.3, -0.25) is 0 Å². The van der Waals surface area contributed by atoms with Crippen LogP contribution >= 0.6 is 0 Å². The van der Waals surface area contributed by atoms with Crippen molar-refractivity contribution in [3.63, 3.8) is 0 Å². The molecule has 3 heteroatoms. The number of nitrogens with zero attached hydrogens (tertiary/aromatic N) is 1. The fraction of sp³-hybridized carbons (Fsp3) is 1.00. The molecular formula is C18H38N2O. The molecule has 0 aromatic rings. The third-order valence-corrected chi connectivity index (χ3v) is 5.22. The minimum Gasteiger partial charge on any atom is -0.394 e. The van der Waals surface area contributed by atoms with Crippen molar-refractivity contribution in [2.75, 3.05) is 32.8 Å². The molecule has 1 unspecified atom stereocenters. The Labute approximate surface area is 132 Å². The maximum Gasteiger partial charge on any atom is 0.0610 e. The van der Waals surface area contributed by atoms with Crippen molar-refractivity contribution >= 4 is 0 Å². The monoisotopic (exact) mass is 298 g/mol. The van der Waals surface area contributed by atoms with Crippen LogP contribution < -0.4 is 5.32 Å². The number of hydrogen-bond acceptors (Lipinski definition) is 3. The number of likely N-dealkylation sites (N-methyl/N-ethyl adjacent to an activating group) is 1. The zero-order chi connectivity index (χ0) is 15.9. The summed E-state index contributed by atoms with van der Waals surface area (Å²) in [6.07, 6.45) is 6.23. The molecular weight excluding hydrogens is 260 g/mol. The Hall–Kier alpha value is -0.120. The molecule has 1 atom stereocenters. The van der Waals surface area contributed by atoms with E-state index in [-0.39, 0.29) is 12.1 Å². The SMILES string of the molecule is CCNC(C)(CO)CCCCN1CCC(C(C)(C)C)CC1. The maximum atomic E-state index is 9.50. The van der Waals surface area contributed by atoms with E-state index in [0.29, 0.717) is 5.41 Å². The molecule has 126 valence electrons. The molecule has 1 saturated heterocycles. The first-order valence-corrected chi connectivity index (χ1v) is 8.89. The average Bonchev–Trinajstić information content (AvgIpc) is 2.43. The fourth-order valence-electron chi connectivity index (χ4n) is 3.52. The Morgan fingerprint density at radius 3 is 2.19 bits per heavy atom. The number of unbranched alkanes of at least 4 members (excludes halogenated alkanes) is 1. The molecule has 1 rings (SSSR count). The van der Waals surface area contributed by atoms with Gasteiger partial charge in [0.15, 0.2) is 0 Å². The zero-order valence-electron chi connectivity index (χ0n) is 15.0. The number of piperidine rings is 1. The summed E-state index contributed by atoms with van der Waals surface area (Å²) in [7, 11) is 0. The summed E-state index contributed by atoms with van der Waals surface area (Å²) < 4.78 is 0. The summed E-state index contributed by atoms with van der Waals surface area (Å²) in [5, 5.41) is 12.9. The predicted molar refractivity (Wildman–Crippen MR) is 91.6 cm³/mol. The van der Waals surface area contributed by atoms with Gasteiger partial charge in [0.1, 0.15) is 0 Å². The van der Waals surface area contributed by atoms with Crippen LogP contribution in [0.2, 0.25) is 0 Å². The highest BCUT2D eigenvalue weighted by atomic mass is 16.3. The number of rotatable bonds is 8. The van der Waals surface area contributed by atoms with Gasteiger partial charge in [0, 0.05) is 5.54 Å². The lowest BCUT2D eigenvalue weighted by Crippen LogP contribution is -2.45. The summed E-state index contributed by atoms with van der Waals surface area (Å²) in [5.41, 5.74) is 0.384.